The third-order valence-corrected chi connectivity index (χ3v) is 4.49. The molecule has 118 valence electrons. The van der Waals surface area contributed by atoms with Crippen LogP contribution < -0.4 is 0 Å². The van der Waals surface area contributed by atoms with Gasteiger partial charge in [-0.25, -0.2) is 0 Å². The van der Waals surface area contributed by atoms with Gasteiger partial charge in [-0.1, -0.05) is 72.8 Å². The number of carbonyl (C=O) groups is 1. The molecule has 0 aromatic heterocycles. The van der Waals surface area contributed by atoms with Gasteiger partial charge in [0.1, 0.15) is 0 Å². The lowest BCUT2D eigenvalue weighted by molar-refractivity contribution is 0.0848. The van der Waals surface area contributed by atoms with Crippen molar-refractivity contribution in [3.8, 4) is 0 Å². The molecule has 1 saturated heterocycles. The standard InChI is InChI=1S/C21H23NO/c23-21(19-11-5-2-6-12-19)20-13-16-22(17-14-20)15-7-10-18-8-3-1-4-9-18/h1-12,20H,13-17H2/b10-7+. The highest BCUT2D eigenvalue weighted by molar-refractivity contribution is 5.97. The van der Waals surface area contributed by atoms with Crippen molar-refractivity contribution in [1.29, 1.82) is 0 Å². The van der Waals surface area contributed by atoms with Gasteiger partial charge in [0.25, 0.3) is 0 Å². The molecule has 2 aromatic carbocycles. The minimum absolute atomic E-state index is 0.187. The lowest BCUT2D eigenvalue weighted by atomic mass is 9.89. The fourth-order valence-corrected chi connectivity index (χ4v) is 3.12. The number of carbonyl (C=O) groups excluding carboxylic acids is 1. The van der Waals surface area contributed by atoms with E-state index in [9.17, 15) is 4.79 Å². The van der Waals surface area contributed by atoms with Crippen LogP contribution in [0.25, 0.3) is 6.08 Å². The Bertz CT molecular complexity index is 640. The first-order chi connectivity index (χ1) is 11.3. The summed E-state index contributed by atoms with van der Waals surface area (Å²) in [5, 5.41) is 0. The molecule has 1 aliphatic heterocycles. The first kappa shape index (κ1) is 15.7. The zero-order chi connectivity index (χ0) is 15.9. The number of nitrogens with zero attached hydrogens (tertiary/aromatic N) is 1. The van der Waals surface area contributed by atoms with Crippen LogP contribution in [0.4, 0.5) is 0 Å². The highest BCUT2D eigenvalue weighted by Gasteiger charge is 2.24. The molecule has 0 unspecified atom stereocenters. The topological polar surface area (TPSA) is 20.3 Å². The number of benzene rings is 2. The predicted octanol–water partition coefficient (Wildman–Crippen LogP) is 4.29. The van der Waals surface area contributed by atoms with Crippen LogP contribution in [0.1, 0.15) is 28.8 Å². The molecule has 0 saturated carbocycles. The van der Waals surface area contributed by atoms with E-state index in [4.69, 9.17) is 0 Å². The predicted molar refractivity (Wildman–Crippen MR) is 95.4 cm³/mol. The van der Waals surface area contributed by atoms with E-state index in [1.165, 1.54) is 5.56 Å². The van der Waals surface area contributed by atoms with E-state index in [1.807, 2.05) is 36.4 Å². The summed E-state index contributed by atoms with van der Waals surface area (Å²) in [5.74, 6) is 0.497. The van der Waals surface area contributed by atoms with Crippen LogP contribution in [-0.4, -0.2) is 30.3 Å². The molecule has 0 aliphatic carbocycles. The quantitative estimate of drug-likeness (QED) is 0.768. The highest BCUT2D eigenvalue weighted by Crippen LogP contribution is 2.21. The maximum absolute atomic E-state index is 12.5. The van der Waals surface area contributed by atoms with Crippen molar-refractivity contribution in [2.24, 2.45) is 5.92 Å². The maximum Gasteiger partial charge on any atom is 0.166 e. The summed E-state index contributed by atoms with van der Waals surface area (Å²) in [6.45, 7) is 2.96. The van der Waals surface area contributed by atoms with Crippen LogP contribution >= 0.6 is 0 Å². The lowest BCUT2D eigenvalue weighted by Crippen LogP contribution is -2.36. The SMILES string of the molecule is O=C(c1ccccc1)C1CCN(C/C=C/c2ccccc2)CC1. The molecule has 0 bridgehead atoms. The van der Waals surface area contributed by atoms with Crippen molar-refractivity contribution in [1.82, 2.24) is 4.90 Å². The number of Topliss-reactive ketones (excluding diaryl/α,β-unsaturated/α-hetero) is 1. The van der Waals surface area contributed by atoms with E-state index in [0.29, 0.717) is 5.78 Å². The van der Waals surface area contributed by atoms with E-state index in [-0.39, 0.29) is 5.92 Å². The van der Waals surface area contributed by atoms with Gasteiger partial charge in [0.05, 0.1) is 0 Å². The summed E-state index contributed by atoms with van der Waals surface area (Å²) >= 11 is 0. The van der Waals surface area contributed by atoms with E-state index in [2.05, 4.69) is 41.3 Å². The van der Waals surface area contributed by atoms with Crippen molar-refractivity contribution in [2.45, 2.75) is 12.8 Å². The zero-order valence-corrected chi connectivity index (χ0v) is 13.4. The Morgan fingerprint density at radius 3 is 2.22 bits per heavy atom. The number of piperidine rings is 1. The Balaban J connectivity index is 1.47. The molecule has 2 aromatic rings. The van der Waals surface area contributed by atoms with Gasteiger partial charge in [-0.15, -0.1) is 0 Å². The molecule has 1 heterocycles. The molecular weight excluding hydrogens is 282 g/mol. The van der Waals surface area contributed by atoms with Gasteiger partial charge in [-0.3, -0.25) is 9.69 Å². The lowest BCUT2D eigenvalue weighted by Gasteiger charge is -2.30. The third-order valence-electron chi connectivity index (χ3n) is 4.49. The first-order valence-electron chi connectivity index (χ1n) is 8.36. The minimum Gasteiger partial charge on any atom is -0.300 e. The molecule has 1 fully saturated rings. The molecular formula is C21H23NO. The molecule has 2 heteroatoms. The van der Waals surface area contributed by atoms with Crippen molar-refractivity contribution in [2.75, 3.05) is 19.6 Å². The van der Waals surface area contributed by atoms with Crippen LogP contribution in [-0.2, 0) is 0 Å². The van der Waals surface area contributed by atoms with Gasteiger partial charge in [0.15, 0.2) is 5.78 Å². The van der Waals surface area contributed by atoms with Gasteiger partial charge < -0.3 is 0 Å². The second kappa shape index (κ2) is 7.89. The fourth-order valence-electron chi connectivity index (χ4n) is 3.12. The van der Waals surface area contributed by atoms with E-state index in [0.717, 1.165) is 38.0 Å². The highest BCUT2D eigenvalue weighted by atomic mass is 16.1. The normalized spacial score (nSPS) is 16.7. The van der Waals surface area contributed by atoms with Crippen LogP contribution in [0.3, 0.4) is 0 Å². The Morgan fingerprint density at radius 1 is 0.957 bits per heavy atom. The Labute approximate surface area is 138 Å². The second-order valence-corrected chi connectivity index (χ2v) is 6.12. The average Bonchev–Trinajstić information content (AvgIpc) is 2.63. The molecule has 0 N–H and O–H groups in total. The molecule has 2 nitrogen and oxygen atoms in total. The summed E-state index contributed by atoms with van der Waals surface area (Å²) in [6, 6.07) is 20.1. The molecule has 1 aliphatic rings. The summed E-state index contributed by atoms with van der Waals surface area (Å²) in [5.41, 5.74) is 2.09. The average molecular weight is 305 g/mol. The van der Waals surface area contributed by atoms with Crippen LogP contribution in [0.2, 0.25) is 0 Å². The Kier molecular flexibility index (Phi) is 5.38. The van der Waals surface area contributed by atoms with Crippen molar-refractivity contribution < 1.29 is 4.79 Å². The smallest absolute Gasteiger partial charge is 0.166 e. The number of ketones is 1. The van der Waals surface area contributed by atoms with E-state index < -0.39 is 0 Å². The number of likely N-dealkylation sites (tertiary alicyclic amines) is 1. The van der Waals surface area contributed by atoms with Crippen molar-refractivity contribution in [3.05, 3.63) is 77.9 Å². The van der Waals surface area contributed by atoms with Crippen molar-refractivity contribution >= 4 is 11.9 Å². The number of rotatable bonds is 5. The Hall–Kier alpha value is -2.19. The third kappa shape index (κ3) is 4.40. The van der Waals surface area contributed by atoms with Gasteiger partial charge in [0.2, 0.25) is 0 Å². The maximum atomic E-state index is 12.5. The van der Waals surface area contributed by atoms with Gasteiger partial charge >= 0.3 is 0 Å². The van der Waals surface area contributed by atoms with E-state index >= 15 is 0 Å². The molecule has 0 amide bonds. The molecule has 23 heavy (non-hydrogen) atoms. The second-order valence-electron chi connectivity index (χ2n) is 6.12. The Morgan fingerprint density at radius 2 is 1.57 bits per heavy atom. The summed E-state index contributed by atoms with van der Waals surface area (Å²) < 4.78 is 0. The minimum atomic E-state index is 0.187. The van der Waals surface area contributed by atoms with Gasteiger partial charge in [0, 0.05) is 18.0 Å². The van der Waals surface area contributed by atoms with E-state index in [1.54, 1.807) is 0 Å². The molecule has 0 spiro atoms. The molecule has 0 radical (unpaired) electrons. The largest absolute Gasteiger partial charge is 0.300 e. The summed E-state index contributed by atoms with van der Waals surface area (Å²) in [7, 11) is 0. The summed E-state index contributed by atoms with van der Waals surface area (Å²) in [4.78, 5) is 14.9. The first-order valence-corrected chi connectivity index (χ1v) is 8.36. The van der Waals surface area contributed by atoms with Crippen LogP contribution in [0.5, 0.6) is 0 Å². The molecule has 0 atom stereocenters. The fraction of sp³-hybridized carbons (Fsp3) is 0.286. The molecule has 3 rings (SSSR count). The number of hydrogen-bond donors (Lipinski definition) is 0. The zero-order valence-electron chi connectivity index (χ0n) is 13.4. The van der Waals surface area contributed by atoms with Crippen molar-refractivity contribution in [3.63, 3.8) is 0 Å². The van der Waals surface area contributed by atoms with Crippen LogP contribution in [0.15, 0.2) is 66.7 Å². The number of hydrogen-bond acceptors (Lipinski definition) is 2. The van der Waals surface area contributed by atoms with Crippen LogP contribution in [0, 0.1) is 5.92 Å². The van der Waals surface area contributed by atoms with Gasteiger partial charge in [-0.2, -0.15) is 0 Å². The monoisotopic (exact) mass is 305 g/mol. The summed E-state index contributed by atoms with van der Waals surface area (Å²) in [6.07, 6.45) is 6.32. The van der Waals surface area contributed by atoms with Gasteiger partial charge in [-0.05, 0) is 31.5 Å².